The van der Waals surface area contributed by atoms with E-state index in [1.165, 1.54) is 0 Å². The van der Waals surface area contributed by atoms with Crippen molar-refractivity contribution in [1.82, 2.24) is 10.6 Å². The van der Waals surface area contributed by atoms with Crippen molar-refractivity contribution in [2.45, 2.75) is 38.8 Å². The average molecular weight is 213 g/mol. The molecule has 86 valence electrons. The molecule has 4 N–H and O–H groups in total. The van der Waals surface area contributed by atoms with Crippen LogP contribution in [-0.2, 0) is 9.59 Å². The molecule has 3 unspecified atom stereocenters. The van der Waals surface area contributed by atoms with Gasteiger partial charge in [0, 0.05) is 12.5 Å². The van der Waals surface area contributed by atoms with Gasteiger partial charge in [0.15, 0.2) is 0 Å². The third kappa shape index (κ3) is 3.51. The Morgan fingerprint density at radius 1 is 1.60 bits per heavy atom. The van der Waals surface area contributed by atoms with Crippen LogP contribution in [0, 0.1) is 5.92 Å². The molecule has 0 aromatic rings. The molecule has 1 heterocycles. The van der Waals surface area contributed by atoms with Gasteiger partial charge in [-0.15, -0.1) is 0 Å². The Morgan fingerprint density at radius 2 is 2.27 bits per heavy atom. The Kier molecular flexibility index (Phi) is 4.08. The second-order valence-electron chi connectivity index (χ2n) is 4.28. The quantitative estimate of drug-likeness (QED) is 0.581. The van der Waals surface area contributed by atoms with Crippen molar-refractivity contribution in [2.75, 3.05) is 6.54 Å². The number of rotatable bonds is 4. The molecule has 5 nitrogen and oxygen atoms in total. The fourth-order valence-electron chi connectivity index (χ4n) is 1.87. The van der Waals surface area contributed by atoms with Gasteiger partial charge < -0.3 is 16.4 Å². The number of primary amides is 1. The van der Waals surface area contributed by atoms with Crippen molar-refractivity contribution in [1.29, 1.82) is 0 Å². The van der Waals surface area contributed by atoms with Gasteiger partial charge in [-0.25, -0.2) is 0 Å². The van der Waals surface area contributed by atoms with Crippen LogP contribution >= 0.6 is 0 Å². The molecule has 1 rings (SSSR count). The summed E-state index contributed by atoms with van der Waals surface area (Å²) in [5.74, 6) is -0.0743. The molecule has 1 saturated heterocycles. The highest BCUT2D eigenvalue weighted by atomic mass is 16.2. The first-order valence-corrected chi connectivity index (χ1v) is 5.32. The topological polar surface area (TPSA) is 84.2 Å². The van der Waals surface area contributed by atoms with E-state index in [9.17, 15) is 9.59 Å². The molecule has 0 aromatic heterocycles. The zero-order chi connectivity index (χ0) is 11.4. The van der Waals surface area contributed by atoms with Gasteiger partial charge in [0.25, 0.3) is 0 Å². The van der Waals surface area contributed by atoms with Gasteiger partial charge in [0.2, 0.25) is 11.8 Å². The van der Waals surface area contributed by atoms with E-state index in [1.807, 2.05) is 6.92 Å². The predicted molar refractivity (Wildman–Crippen MR) is 57.0 cm³/mol. The lowest BCUT2D eigenvalue weighted by atomic mass is 10.0. The fraction of sp³-hybridized carbons (Fsp3) is 0.800. The summed E-state index contributed by atoms with van der Waals surface area (Å²) in [6.07, 6.45) is 1.20. The first kappa shape index (κ1) is 12.0. The molecule has 0 saturated carbocycles. The SMILES string of the molecule is CC(CC(N)=O)NC(=O)C1NCCC1C. The maximum absolute atomic E-state index is 11.7. The number of carbonyl (C=O) groups excluding carboxylic acids is 2. The van der Waals surface area contributed by atoms with E-state index < -0.39 is 5.91 Å². The standard InChI is InChI=1S/C10H19N3O2/c1-6-3-4-12-9(6)10(15)13-7(2)5-8(11)14/h6-7,9,12H,3-5H2,1-2H3,(H2,11,14)(H,13,15). The second kappa shape index (κ2) is 5.11. The Morgan fingerprint density at radius 3 is 2.73 bits per heavy atom. The van der Waals surface area contributed by atoms with Gasteiger partial charge in [-0.3, -0.25) is 9.59 Å². The average Bonchev–Trinajstić information content (AvgIpc) is 2.49. The minimum atomic E-state index is -0.393. The molecule has 15 heavy (non-hydrogen) atoms. The van der Waals surface area contributed by atoms with Gasteiger partial charge in [-0.1, -0.05) is 6.92 Å². The van der Waals surface area contributed by atoms with Crippen LogP contribution in [0.2, 0.25) is 0 Å². The Bertz CT molecular complexity index is 255. The van der Waals surface area contributed by atoms with Gasteiger partial charge >= 0.3 is 0 Å². The van der Waals surface area contributed by atoms with E-state index in [0.29, 0.717) is 5.92 Å². The molecule has 0 spiro atoms. The van der Waals surface area contributed by atoms with Crippen molar-refractivity contribution < 1.29 is 9.59 Å². The van der Waals surface area contributed by atoms with Crippen molar-refractivity contribution in [2.24, 2.45) is 11.7 Å². The lowest BCUT2D eigenvalue weighted by Crippen LogP contribution is -2.47. The van der Waals surface area contributed by atoms with Crippen LogP contribution in [0.1, 0.15) is 26.7 Å². The van der Waals surface area contributed by atoms with Crippen molar-refractivity contribution >= 4 is 11.8 Å². The minimum Gasteiger partial charge on any atom is -0.370 e. The Labute approximate surface area is 89.8 Å². The molecular formula is C10H19N3O2. The first-order valence-electron chi connectivity index (χ1n) is 5.32. The van der Waals surface area contributed by atoms with E-state index in [-0.39, 0.29) is 24.4 Å². The normalized spacial score (nSPS) is 27.3. The lowest BCUT2D eigenvalue weighted by molar-refractivity contribution is -0.124. The monoisotopic (exact) mass is 213 g/mol. The molecule has 1 aliphatic heterocycles. The molecule has 1 fully saturated rings. The highest BCUT2D eigenvalue weighted by Crippen LogP contribution is 2.14. The zero-order valence-corrected chi connectivity index (χ0v) is 9.25. The Balaban J connectivity index is 2.37. The number of amides is 2. The van der Waals surface area contributed by atoms with E-state index >= 15 is 0 Å². The smallest absolute Gasteiger partial charge is 0.237 e. The summed E-state index contributed by atoms with van der Waals surface area (Å²) < 4.78 is 0. The summed E-state index contributed by atoms with van der Waals surface area (Å²) in [6, 6.07) is -0.315. The number of hydrogen-bond donors (Lipinski definition) is 3. The molecule has 0 aliphatic carbocycles. The van der Waals surface area contributed by atoms with E-state index in [1.54, 1.807) is 6.92 Å². The molecule has 2 amide bonds. The summed E-state index contributed by atoms with van der Waals surface area (Å²) in [7, 11) is 0. The number of nitrogens with one attached hydrogen (secondary N) is 2. The molecule has 1 aliphatic rings. The Hall–Kier alpha value is -1.10. The summed E-state index contributed by atoms with van der Waals surface area (Å²) in [6.45, 7) is 4.70. The number of carbonyl (C=O) groups is 2. The highest BCUT2D eigenvalue weighted by molar-refractivity contribution is 5.83. The summed E-state index contributed by atoms with van der Waals surface area (Å²) in [4.78, 5) is 22.4. The van der Waals surface area contributed by atoms with Gasteiger partial charge in [0.1, 0.15) is 0 Å². The van der Waals surface area contributed by atoms with Crippen molar-refractivity contribution in [3.63, 3.8) is 0 Å². The number of nitrogens with two attached hydrogens (primary N) is 1. The first-order chi connectivity index (χ1) is 7.00. The number of hydrogen-bond acceptors (Lipinski definition) is 3. The van der Waals surface area contributed by atoms with Crippen LogP contribution in [0.4, 0.5) is 0 Å². The molecule has 3 atom stereocenters. The van der Waals surface area contributed by atoms with E-state index in [4.69, 9.17) is 5.73 Å². The largest absolute Gasteiger partial charge is 0.370 e. The van der Waals surface area contributed by atoms with Gasteiger partial charge in [-0.05, 0) is 25.8 Å². The van der Waals surface area contributed by atoms with Crippen LogP contribution in [0.5, 0.6) is 0 Å². The predicted octanol–water partition coefficient (Wildman–Crippen LogP) is -0.635. The molecule has 0 bridgehead atoms. The second-order valence-corrected chi connectivity index (χ2v) is 4.28. The third-order valence-corrected chi connectivity index (χ3v) is 2.71. The van der Waals surface area contributed by atoms with Gasteiger partial charge in [-0.2, -0.15) is 0 Å². The van der Waals surface area contributed by atoms with Crippen LogP contribution < -0.4 is 16.4 Å². The maximum Gasteiger partial charge on any atom is 0.237 e. The maximum atomic E-state index is 11.7. The van der Waals surface area contributed by atoms with E-state index in [2.05, 4.69) is 10.6 Å². The minimum absolute atomic E-state index is 0.0336. The van der Waals surface area contributed by atoms with Crippen LogP contribution in [0.15, 0.2) is 0 Å². The zero-order valence-electron chi connectivity index (χ0n) is 9.25. The summed E-state index contributed by atoms with van der Waals surface area (Å²) in [5.41, 5.74) is 5.04. The fourth-order valence-corrected chi connectivity index (χ4v) is 1.87. The summed E-state index contributed by atoms with van der Waals surface area (Å²) in [5, 5.41) is 5.92. The van der Waals surface area contributed by atoms with Crippen LogP contribution in [0.3, 0.4) is 0 Å². The molecule has 0 radical (unpaired) electrons. The molecular weight excluding hydrogens is 194 g/mol. The summed E-state index contributed by atoms with van der Waals surface area (Å²) >= 11 is 0. The van der Waals surface area contributed by atoms with Gasteiger partial charge in [0.05, 0.1) is 6.04 Å². The third-order valence-electron chi connectivity index (χ3n) is 2.71. The van der Waals surface area contributed by atoms with Crippen molar-refractivity contribution in [3.8, 4) is 0 Å². The highest BCUT2D eigenvalue weighted by Gasteiger charge is 2.29. The van der Waals surface area contributed by atoms with Crippen LogP contribution in [0.25, 0.3) is 0 Å². The lowest BCUT2D eigenvalue weighted by Gasteiger charge is -2.18. The van der Waals surface area contributed by atoms with E-state index in [0.717, 1.165) is 13.0 Å². The van der Waals surface area contributed by atoms with Crippen molar-refractivity contribution in [3.05, 3.63) is 0 Å². The molecule has 5 heteroatoms. The van der Waals surface area contributed by atoms with Crippen LogP contribution in [-0.4, -0.2) is 30.4 Å². The molecule has 0 aromatic carbocycles.